The van der Waals surface area contributed by atoms with Crippen molar-refractivity contribution in [1.82, 2.24) is 19.4 Å². The molecule has 0 atom stereocenters. The standard InChI is InChI=1S/C37H51N5O/c1-28(2)18-24-41(25-19-29(3)4)36(43)31-16-17-34-35(26-31)42(23-11-22-40-20-8-5-9-21-40)37(39-34)38-27-32-14-10-13-30-12-6-7-15-33(30)32/h6-7,10,12-17,26,28-29H,5,8-9,11,18-25,27H2,1-4H3,(H,38,39). The van der Waals surface area contributed by atoms with E-state index in [2.05, 4.69) is 95.9 Å². The second-order valence-electron chi connectivity index (χ2n) is 13.2. The third-order valence-electron chi connectivity index (χ3n) is 8.86. The Morgan fingerprint density at radius 2 is 1.60 bits per heavy atom. The van der Waals surface area contributed by atoms with Gasteiger partial charge in [0.05, 0.1) is 11.0 Å². The summed E-state index contributed by atoms with van der Waals surface area (Å²) in [5, 5.41) is 6.19. The molecule has 6 nitrogen and oxygen atoms in total. The average Bonchev–Trinajstić information content (AvgIpc) is 3.36. The summed E-state index contributed by atoms with van der Waals surface area (Å²) in [6.07, 6.45) is 7.06. The van der Waals surface area contributed by atoms with E-state index in [1.807, 2.05) is 12.1 Å². The van der Waals surface area contributed by atoms with Crippen LogP contribution in [0, 0.1) is 11.8 Å². The molecule has 1 aromatic heterocycles. The van der Waals surface area contributed by atoms with Crippen LogP contribution in [0.2, 0.25) is 0 Å². The zero-order valence-corrected chi connectivity index (χ0v) is 26.8. The minimum absolute atomic E-state index is 0.134. The quantitative estimate of drug-likeness (QED) is 0.163. The van der Waals surface area contributed by atoms with Gasteiger partial charge in [0.2, 0.25) is 5.95 Å². The third kappa shape index (κ3) is 8.17. The van der Waals surface area contributed by atoms with Crippen molar-refractivity contribution in [1.29, 1.82) is 0 Å². The second-order valence-corrected chi connectivity index (χ2v) is 13.2. The van der Waals surface area contributed by atoms with Crippen LogP contribution in [0.15, 0.2) is 60.7 Å². The topological polar surface area (TPSA) is 53.4 Å². The Bertz CT molecular complexity index is 1470. The molecule has 0 aliphatic carbocycles. The van der Waals surface area contributed by atoms with Gasteiger partial charge in [-0.2, -0.15) is 0 Å². The molecular formula is C37H51N5O. The van der Waals surface area contributed by atoms with E-state index in [0.29, 0.717) is 18.4 Å². The zero-order valence-electron chi connectivity index (χ0n) is 26.8. The number of hydrogen-bond acceptors (Lipinski definition) is 4. The molecule has 1 fully saturated rings. The maximum atomic E-state index is 13.9. The Hall–Kier alpha value is -3.38. The number of fused-ring (bicyclic) bond motifs is 2. The van der Waals surface area contributed by atoms with Gasteiger partial charge in [0, 0.05) is 31.7 Å². The van der Waals surface area contributed by atoms with Gasteiger partial charge in [-0.15, -0.1) is 0 Å². The van der Waals surface area contributed by atoms with Crippen molar-refractivity contribution in [3.8, 4) is 0 Å². The van der Waals surface area contributed by atoms with Gasteiger partial charge in [-0.1, -0.05) is 76.6 Å². The normalized spacial score (nSPS) is 14.3. The van der Waals surface area contributed by atoms with Crippen LogP contribution >= 0.6 is 0 Å². The van der Waals surface area contributed by atoms with Gasteiger partial charge in [0.1, 0.15) is 0 Å². The second kappa shape index (κ2) is 14.9. The number of rotatable bonds is 14. The van der Waals surface area contributed by atoms with Gasteiger partial charge in [-0.3, -0.25) is 4.79 Å². The highest BCUT2D eigenvalue weighted by Crippen LogP contribution is 2.25. The van der Waals surface area contributed by atoms with Crippen LogP contribution in [-0.2, 0) is 13.1 Å². The van der Waals surface area contributed by atoms with E-state index in [0.717, 1.165) is 68.0 Å². The van der Waals surface area contributed by atoms with Crippen LogP contribution in [-0.4, -0.2) is 58.0 Å². The summed E-state index contributed by atoms with van der Waals surface area (Å²) >= 11 is 0. The summed E-state index contributed by atoms with van der Waals surface area (Å²) in [4.78, 5) is 23.6. The first kappa shape index (κ1) is 31.1. The number of carbonyl (C=O) groups is 1. The van der Waals surface area contributed by atoms with Crippen LogP contribution in [0.4, 0.5) is 5.95 Å². The molecule has 4 aromatic rings. The summed E-state index contributed by atoms with van der Waals surface area (Å²) in [5.74, 6) is 2.14. The van der Waals surface area contributed by atoms with Gasteiger partial charge in [-0.25, -0.2) is 4.98 Å². The molecule has 0 radical (unpaired) electrons. The Labute approximate surface area is 258 Å². The van der Waals surface area contributed by atoms with Gasteiger partial charge < -0.3 is 19.7 Å². The number of hydrogen-bond donors (Lipinski definition) is 1. The summed E-state index contributed by atoms with van der Waals surface area (Å²) in [7, 11) is 0. The Morgan fingerprint density at radius 3 is 2.35 bits per heavy atom. The van der Waals surface area contributed by atoms with Crippen LogP contribution in [0.25, 0.3) is 21.8 Å². The molecule has 2 heterocycles. The maximum absolute atomic E-state index is 13.9. The lowest BCUT2D eigenvalue weighted by molar-refractivity contribution is 0.0741. The lowest BCUT2D eigenvalue weighted by Gasteiger charge is -2.26. The van der Waals surface area contributed by atoms with E-state index < -0.39 is 0 Å². The number of anilines is 1. The van der Waals surface area contributed by atoms with Crippen molar-refractivity contribution in [3.63, 3.8) is 0 Å². The largest absolute Gasteiger partial charge is 0.352 e. The Kier molecular flexibility index (Phi) is 10.7. The Balaban J connectivity index is 1.41. The molecule has 3 aromatic carbocycles. The van der Waals surface area contributed by atoms with Gasteiger partial charge in [0.25, 0.3) is 5.91 Å². The molecule has 1 amide bonds. The molecule has 1 aliphatic heterocycles. The summed E-state index contributed by atoms with van der Waals surface area (Å²) < 4.78 is 2.31. The fourth-order valence-electron chi connectivity index (χ4n) is 6.20. The monoisotopic (exact) mass is 581 g/mol. The first-order chi connectivity index (χ1) is 20.9. The molecule has 1 N–H and O–H groups in total. The fourth-order valence-corrected chi connectivity index (χ4v) is 6.20. The molecule has 0 spiro atoms. The summed E-state index contributed by atoms with van der Waals surface area (Å²) in [6, 6.07) is 21.1. The first-order valence-electron chi connectivity index (χ1n) is 16.6. The van der Waals surface area contributed by atoms with E-state index in [4.69, 9.17) is 4.98 Å². The molecule has 5 rings (SSSR count). The van der Waals surface area contributed by atoms with Crippen LogP contribution < -0.4 is 5.32 Å². The van der Waals surface area contributed by atoms with Crippen molar-refractivity contribution in [3.05, 3.63) is 71.8 Å². The van der Waals surface area contributed by atoms with Crippen molar-refractivity contribution in [2.75, 3.05) is 38.0 Å². The number of piperidine rings is 1. The van der Waals surface area contributed by atoms with Crippen LogP contribution in [0.3, 0.4) is 0 Å². The minimum atomic E-state index is 0.134. The number of likely N-dealkylation sites (tertiary alicyclic amines) is 1. The summed E-state index contributed by atoms with van der Waals surface area (Å²) in [6.45, 7) is 15.6. The van der Waals surface area contributed by atoms with Crippen molar-refractivity contribution in [2.45, 2.75) is 79.3 Å². The first-order valence-corrected chi connectivity index (χ1v) is 16.6. The van der Waals surface area contributed by atoms with E-state index in [1.165, 1.54) is 48.7 Å². The fraction of sp³-hybridized carbons (Fsp3) is 0.514. The molecule has 230 valence electrons. The van der Waals surface area contributed by atoms with Crippen molar-refractivity contribution >= 4 is 33.7 Å². The molecule has 43 heavy (non-hydrogen) atoms. The number of aryl methyl sites for hydroxylation is 1. The SMILES string of the molecule is CC(C)CCN(CCC(C)C)C(=O)c1ccc2nc(NCc3cccc4ccccc34)n(CCCN3CCCCC3)c2c1. The number of amides is 1. The van der Waals surface area contributed by atoms with E-state index >= 15 is 0 Å². The van der Waals surface area contributed by atoms with Crippen LogP contribution in [0.5, 0.6) is 0 Å². The number of benzene rings is 3. The highest BCUT2D eigenvalue weighted by molar-refractivity contribution is 5.98. The summed E-state index contributed by atoms with van der Waals surface area (Å²) in [5.41, 5.74) is 3.99. The molecule has 1 aliphatic rings. The molecule has 6 heteroatoms. The lowest BCUT2D eigenvalue weighted by atomic mass is 10.0. The zero-order chi connectivity index (χ0) is 30.2. The maximum Gasteiger partial charge on any atom is 0.253 e. The smallest absolute Gasteiger partial charge is 0.253 e. The number of nitrogens with zero attached hydrogens (tertiary/aromatic N) is 4. The molecule has 0 saturated carbocycles. The highest BCUT2D eigenvalue weighted by atomic mass is 16.2. The van der Waals surface area contributed by atoms with Crippen molar-refractivity contribution in [2.24, 2.45) is 11.8 Å². The third-order valence-corrected chi connectivity index (χ3v) is 8.86. The Morgan fingerprint density at radius 1 is 0.884 bits per heavy atom. The molecule has 1 saturated heterocycles. The number of carbonyl (C=O) groups excluding carboxylic acids is 1. The molecule has 0 bridgehead atoms. The highest BCUT2D eigenvalue weighted by Gasteiger charge is 2.20. The number of nitrogens with one attached hydrogen (secondary N) is 1. The predicted octanol–water partition coefficient (Wildman–Crippen LogP) is 8.21. The van der Waals surface area contributed by atoms with Gasteiger partial charge in [0.15, 0.2) is 0 Å². The van der Waals surface area contributed by atoms with E-state index in [9.17, 15) is 4.79 Å². The van der Waals surface area contributed by atoms with E-state index in [-0.39, 0.29) is 5.91 Å². The predicted molar refractivity (Wildman–Crippen MR) is 181 cm³/mol. The minimum Gasteiger partial charge on any atom is -0.352 e. The lowest BCUT2D eigenvalue weighted by Crippen LogP contribution is -2.34. The average molecular weight is 582 g/mol. The number of imidazole rings is 1. The number of aromatic nitrogens is 2. The van der Waals surface area contributed by atoms with Gasteiger partial charge >= 0.3 is 0 Å². The van der Waals surface area contributed by atoms with Crippen molar-refractivity contribution < 1.29 is 4.79 Å². The molecule has 0 unspecified atom stereocenters. The van der Waals surface area contributed by atoms with Gasteiger partial charge in [-0.05, 0) is 98.1 Å². The van der Waals surface area contributed by atoms with Crippen LogP contribution in [0.1, 0.15) is 82.1 Å². The molecular weight excluding hydrogens is 530 g/mol. The van der Waals surface area contributed by atoms with E-state index in [1.54, 1.807) is 0 Å².